The van der Waals surface area contributed by atoms with E-state index in [-0.39, 0.29) is 6.04 Å². The van der Waals surface area contributed by atoms with Crippen LogP contribution in [0, 0.1) is 6.92 Å². The standard InChI is InChI=1S/C16H19ClN2/c1-3-8-19-16(13-5-4-6-14(17)11-13)15-10-12(2)7-9-18-15/h4-7,9-11,16,19H,3,8H2,1-2H3. The van der Waals surface area contributed by atoms with Gasteiger partial charge in [0.15, 0.2) is 0 Å². The number of benzene rings is 1. The number of nitrogens with zero attached hydrogens (tertiary/aromatic N) is 1. The Bertz CT molecular complexity index is 494. The van der Waals surface area contributed by atoms with E-state index in [0.29, 0.717) is 0 Å². The predicted molar refractivity (Wildman–Crippen MR) is 80.6 cm³/mol. The highest BCUT2D eigenvalue weighted by Crippen LogP contribution is 2.23. The summed E-state index contributed by atoms with van der Waals surface area (Å²) >= 11 is 6.09. The lowest BCUT2D eigenvalue weighted by Gasteiger charge is -2.19. The number of halogens is 1. The van der Waals surface area contributed by atoms with E-state index in [9.17, 15) is 0 Å². The van der Waals surface area contributed by atoms with Crippen molar-refractivity contribution in [1.29, 1.82) is 0 Å². The van der Waals surface area contributed by atoms with E-state index in [1.54, 1.807) is 0 Å². The number of aromatic nitrogens is 1. The third-order valence-electron chi connectivity index (χ3n) is 3.01. The van der Waals surface area contributed by atoms with Crippen molar-refractivity contribution in [3.63, 3.8) is 0 Å². The molecule has 0 saturated carbocycles. The van der Waals surface area contributed by atoms with Gasteiger partial charge in [0, 0.05) is 11.2 Å². The van der Waals surface area contributed by atoms with Gasteiger partial charge < -0.3 is 5.32 Å². The van der Waals surface area contributed by atoms with Crippen LogP contribution in [0.3, 0.4) is 0 Å². The maximum absolute atomic E-state index is 6.09. The lowest BCUT2D eigenvalue weighted by molar-refractivity contribution is 0.586. The van der Waals surface area contributed by atoms with Crippen LogP contribution < -0.4 is 5.32 Å². The van der Waals surface area contributed by atoms with Crippen molar-refractivity contribution in [1.82, 2.24) is 10.3 Å². The first kappa shape index (κ1) is 14.0. The summed E-state index contributed by atoms with van der Waals surface area (Å²) in [5.74, 6) is 0. The van der Waals surface area contributed by atoms with Crippen LogP contribution in [0.1, 0.15) is 36.2 Å². The highest BCUT2D eigenvalue weighted by Gasteiger charge is 2.14. The van der Waals surface area contributed by atoms with Crippen molar-refractivity contribution in [2.75, 3.05) is 6.54 Å². The van der Waals surface area contributed by atoms with Crippen molar-refractivity contribution in [2.45, 2.75) is 26.3 Å². The van der Waals surface area contributed by atoms with Gasteiger partial charge >= 0.3 is 0 Å². The minimum Gasteiger partial charge on any atom is -0.305 e. The number of pyridine rings is 1. The van der Waals surface area contributed by atoms with Crippen LogP contribution in [0.2, 0.25) is 5.02 Å². The molecule has 0 aliphatic carbocycles. The fourth-order valence-corrected chi connectivity index (χ4v) is 2.28. The van der Waals surface area contributed by atoms with Gasteiger partial charge in [-0.05, 0) is 55.3 Å². The first-order valence-corrected chi connectivity index (χ1v) is 7.00. The third-order valence-corrected chi connectivity index (χ3v) is 3.25. The summed E-state index contributed by atoms with van der Waals surface area (Å²) in [5, 5.41) is 4.29. The fraction of sp³-hybridized carbons (Fsp3) is 0.312. The second-order valence-electron chi connectivity index (χ2n) is 4.70. The van der Waals surface area contributed by atoms with Crippen LogP contribution in [-0.2, 0) is 0 Å². The second-order valence-corrected chi connectivity index (χ2v) is 5.14. The molecule has 0 saturated heterocycles. The quantitative estimate of drug-likeness (QED) is 0.887. The van der Waals surface area contributed by atoms with Crippen LogP contribution in [0.5, 0.6) is 0 Å². The molecule has 0 aliphatic heterocycles. The van der Waals surface area contributed by atoms with Gasteiger partial charge in [0.25, 0.3) is 0 Å². The van der Waals surface area contributed by atoms with E-state index < -0.39 is 0 Å². The Labute approximate surface area is 119 Å². The molecule has 0 aliphatic rings. The van der Waals surface area contributed by atoms with Crippen LogP contribution in [-0.4, -0.2) is 11.5 Å². The average molecular weight is 275 g/mol. The second kappa shape index (κ2) is 6.69. The molecule has 3 heteroatoms. The molecule has 2 rings (SSSR count). The molecule has 0 spiro atoms. The summed E-state index contributed by atoms with van der Waals surface area (Å²) in [4.78, 5) is 4.49. The molecule has 0 fully saturated rings. The summed E-state index contributed by atoms with van der Waals surface area (Å²) in [5.41, 5.74) is 3.41. The minimum atomic E-state index is 0.0959. The maximum atomic E-state index is 6.09. The van der Waals surface area contributed by atoms with Crippen LogP contribution in [0.15, 0.2) is 42.6 Å². The van der Waals surface area contributed by atoms with E-state index in [1.165, 1.54) is 5.56 Å². The van der Waals surface area contributed by atoms with Crippen molar-refractivity contribution in [3.8, 4) is 0 Å². The first-order chi connectivity index (χ1) is 9.20. The molecule has 100 valence electrons. The Hall–Kier alpha value is -1.38. The molecular weight excluding hydrogens is 256 g/mol. The summed E-state index contributed by atoms with van der Waals surface area (Å²) in [6.07, 6.45) is 2.94. The number of hydrogen-bond donors (Lipinski definition) is 1. The van der Waals surface area contributed by atoms with Crippen LogP contribution in [0.4, 0.5) is 0 Å². The average Bonchev–Trinajstić information content (AvgIpc) is 2.39. The normalized spacial score (nSPS) is 12.4. The monoisotopic (exact) mass is 274 g/mol. The first-order valence-electron chi connectivity index (χ1n) is 6.62. The topological polar surface area (TPSA) is 24.9 Å². The number of hydrogen-bond acceptors (Lipinski definition) is 2. The highest BCUT2D eigenvalue weighted by molar-refractivity contribution is 6.30. The molecule has 2 nitrogen and oxygen atoms in total. The predicted octanol–water partition coefficient (Wildman–Crippen LogP) is 4.13. The Morgan fingerprint density at radius 3 is 2.79 bits per heavy atom. The molecular formula is C16H19ClN2. The number of rotatable bonds is 5. The maximum Gasteiger partial charge on any atom is 0.0752 e. The van der Waals surface area contributed by atoms with Crippen molar-refractivity contribution >= 4 is 11.6 Å². The van der Waals surface area contributed by atoms with Gasteiger partial charge in [0.1, 0.15) is 0 Å². The van der Waals surface area contributed by atoms with Crippen molar-refractivity contribution < 1.29 is 0 Å². The largest absolute Gasteiger partial charge is 0.305 e. The Kier molecular flexibility index (Phi) is 4.94. The van der Waals surface area contributed by atoms with E-state index in [4.69, 9.17) is 11.6 Å². The van der Waals surface area contributed by atoms with Crippen molar-refractivity contribution in [2.24, 2.45) is 0 Å². The molecule has 1 N–H and O–H groups in total. The fourth-order valence-electron chi connectivity index (χ4n) is 2.09. The molecule has 0 bridgehead atoms. The van der Waals surface area contributed by atoms with Gasteiger partial charge in [0.2, 0.25) is 0 Å². The van der Waals surface area contributed by atoms with E-state index in [1.807, 2.05) is 30.5 Å². The minimum absolute atomic E-state index is 0.0959. The van der Waals surface area contributed by atoms with Crippen molar-refractivity contribution in [3.05, 3.63) is 64.4 Å². The lowest BCUT2D eigenvalue weighted by Crippen LogP contribution is -2.24. The SMILES string of the molecule is CCCNC(c1cccc(Cl)c1)c1cc(C)ccn1. The summed E-state index contributed by atoms with van der Waals surface area (Å²) in [6, 6.07) is 12.2. The molecule has 2 aromatic rings. The van der Waals surface area contributed by atoms with Gasteiger partial charge in [-0.3, -0.25) is 4.98 Å². The molecule has 1 heterocycles. The molecule has 19 heavy (non-hydrogen) atoms. The van der Waals surface area contributed by atoms with E-state index >= 15 is 0 Å². The zero-order chi connectivity index (χ0) is 13.7. The van der Waals surface area contributed by atoms with E-state index in [0.717, 1.165) is 29.2 Å². The summed E-state index contributed by atoms with van der Waals surface area (Å²) < 4.78 is 0. The van der Waals surface area contributed by atoms with Crippen LogP contribution in [0.25, 0.3) is 0 Å². The van der Waals surface area contributed by atoms with Gasteiger partial charge in [-0.1, -0.05) is 30.7 Å². The molecule has 0 amide bonds. The van der Waals surface area contributed by atoms with Gasteiger partial charge in [-0.2, -0.15) is 0 Å². The molecule has 1 aromatic heterocycles. The number of aryl methyl sites for hydroxylation is 1. The molecule has 1 atom stereocenters. The molecule has 0 radical (unpaired) electrons. The highest BCUT2D eigenvalue weighted by atomic mass is 35.5. The number of nitrogens with one attached hydrogen (secondary N) is 1. The Morgan fingerprint density at radius 1 is 1.26 bits per heavy atom. The molecule has 1 aromatic carbocycles. The Balaban J connectivity index is 2.35. The smallest absolute Gasteiger partial charge is 0.0752 e. The van der Waals surface area contributed by atoms with E-state index in [2.05, 4.69) is 36.3 Å². The van der Waals surface area contributed by atoms with Gasteiger partial charge in [0.05, 0.1) is 11.7 Å². The molecule has 1 unspecified atom stereocenters. The lowest BCUT2D eigenvalue weighted by atomic mass is 10.0. The zero-order valence-corrected chi connectivity index (χ0v) is 12.1. The van der Waals surface area contributed by atoms with Crippen LogP contribution >= 0.6 is 11.6 Å². The zero-order valence-electron chi connectivity index (χ0n) is 11.4. The summed E-state index contributed by atoms with van der Waals surface area (Å²) in [6.45, 7) is 5.19. The Morgan fingerprint density at radius 2 is 2.11 bits per heavy atom. The third kappa shape index (κ3) is 3.79. The van der Waals surface area contributed by atoms with Gasteiger partial charge in [-0.15, -0.1) is 0 Å². The van der Waals surface area contributed by atoms with Gasteiger partial charge in [-0.25, -0.2) is 0 Å². The summed E-state index contributed by atoms with van der Waals surface area (Å²) in [7, 11) is 0.